The van der Waals surface area contributed by atoms with Gasteiger partial charge < -0.3 is 10.6 Å². The molecule has 2 aromatic carbocycles. The van der Waals surface area contributed by atoms with Crippen molar-refractivity contribution in [2.45, 2.75) is 44.6 Å². The first kappa shape index (κ1) is 16.8. The maximum atomic E-state index is 12.1. The summed E-state index contributed by atoms with van der Waals surface area (Å²) in [5, 5.41) is 5.66. The Kier molecular flexibility index (Phi) is 4.74. The number of piperidine rings is 1. The molecule has 0 saturated carbocycles. The van der Waals surface area contributed by atoms with Crippen LogP contribution in [0.4, 0.5) is 0 Å². The van der Waals surface area contributed by atoms with Crippen molar-refractivity contribution < 1.29 is 9.59 Å². The molecule has 26 heavy (non-hydrogen) atoms. The van der Waals surface area contributed by atoms with Gasteiger partial charge in [0.1, 0.15) is 6.04 Å². The van der Waals surface area contributed by atoms with Crippen molar-refractivity contribution in [1.82, 2.24) is 10.6 Å². The van der Waals surface area contributed by atoms with Gasteiger partial charge in [-0.05, 0) is 59.9 Å². The predicted molar refractivity (Wildman–Crippen MR) is 102 cm³/mol. The average molecular weight is 348 g/mol. The van der Waals surface area contributed by atoms with E-state index >= 15 is 0 Å². The summed E-state index contributed by atoms with van der Waals surface area (Å²) in [4.78, 5) is 23.8. The Labute approximate surface area is 154 Å². The molecule has 1 fully saturated rings. The third-order valence-corrected chi connectivity index (χ3v) is 5.35. The number of amides is 2. The second kappa shape index (κ2) is 7.32. The number of nitrogens with one attached hydrogen (secondary N) is 2. The Hall–Kier alpha value is -2.62. The van der Waals surface area contributed by atoms with E-state index < -0.39 is 0 Å². The number of carbonyl (C=O) groups is 2. The van der Waals surface area contributed by atoms with Crippen molar-refractivity contribution >= 4 is 11.8 Å². The SMILES string of the molecule is O=C(CCCc1ccc2c(c1)-c1ccccc1C2)N[C@H]1CCCNC1=O. The van der Waals surface area contributed by atoms with Crippen LogP contribution in [-0.4, -0.2) is 24.4 Å². The van der Waals surface area contributed by atoms with Crippen LogP contribution in [0, 0.1) is 0 Å². The summed E-state index contributed by atoms with van der Waals surface area (Å²) in [7, 11) is 0. The molecule has 0 bridgehead atoms. The fraction of sp³-hybridized carbons (Fsp3) is 0.364. The zero-order valence-electron chi connectivity index (χ0n) is 14.9. The number of aryl methyl sites for hydroxylation is 1. The lowest BCUT2D eigenvalue weighted by atomic mass is 10.00. The Morgan fingerprint density at radius 2 is 1.96 bits per heavy atom. The molecular formula is C22H24N2O2. The minimum Gasteiger partial charge on any atom is -0.354 e. The van der Waals surface area contributed by atoms with Gasteiger partial charge in [0.05, 0.1) is 0 Å². The molecule has 4 rings (SSSR count). The molecule has 1 aliphatic heterocycles. The number of fused-ring (bicyclic) bond motifs is 3. The van der Waals surface area contributed by atoms with Crippen LogP contribution in [0.2, 0.25) is 0 Å². The van der Waals surface area contributed by atoms with Crippen molar-refractivity contribution in [2.75, 3.05) is 6.54 Å². The first-order chi connectivity index (χ1) is 12.7. The van der Waals surface area contributed by atoms with Crippen molar-refractivity contribution in [1.29, 1.82) is 0 Å². The second-order valence-corrected chi connectivity index (χ2v) is 7.23. The standard InChI is InChI=1S/C22H24N2O2/c25-21(24-20-8-4-12-23-22(20)26)9-3-5-15-10-11-17-14-16-6-1-2-7-18(16)19(17)13-15/h1-2,6-7,10-11,13,20H,3-5,8-9,12,14H2,(H,23,26)(H,24,25)/t20-/m0/s1. The van der Waals surface area contributed by atoms with Gasteiger partial charge in [-0.1, -0.05) is 42.5 Å². The van der Waals surface area contributed by atoms with Gasteiger partial charge in [0.25, 0.3) is 0 Å². The van der Waals surface area contributed by atoms with Crippen molar-refractivity contribution in [3.8, 4) is 11.1 Å². The minimum absolute atomic E-state index is 0.0291. The van der Waals surface area contributed by atoms with E-state index in [2.05, 4.69) is 53.1 Å². The van der Waals surface area contributed by atoms with Gasteiger partial charge in [-0.2, -0.15) is 0 Å². The highest BCUT2D eigenvalue weighted by molar-refractivity contribution is 5.88. The van der Waals surface area contributed by atoms with E-state index in [4.69, 9.17) is 0 Å². The van der Waals surface area contributed by atoms with Crippen LogP contribution < -0.4 is 10.6 Å². The zero-order chi connectivity index (χ0) is 17.9. The highest BCUT2D eigenvalue weighted by Gasteiger charge is 2.23. The molecule has 0 unspecified atom stereocenters. The first-order valence-electron chi connectivity index (χ1n) is 9.48. The smallest absolute Gasteiger partial charge is 0.242 e. The number of hydrogen-bond acceptors (Lipinski definition) is 2. The molecule has 1 aliphatic carbocycles. The monoisotopic (exact) mass is 348 g/mol. The Morgan fingerprint density at radius 1 is 1.12 bits per heavy atom. The van der Waals surface area contributed by atoms with Crippen LogP contribution in [0.25, 0.3) is 11.1 Å². The molecule has 0 radical (unpaired) electrons. The van der Waals surface area contributed by atoms with Gasteiger partial charge in [0.15, 0.2) is 0 Å². The Morgan fingerprint density at radius 3 is 2.85 bits per heavy atom. The van der Waals surface area contributed by atoms with Crippen LogP contribution in [0.5, 0.6) is 0 Å². The summed E-state index contributed by atoms with van der Waals surface area (Å²) in [5.41, 5.74) is 6.72. The van der Waals surface area contributed by atoms with E-state index in [1.54, 1.807) is 0 Å². The third kappa shape index (κ3) is 3.50. The summed E-state index contributed by atoms with van der Waals surface area (Å²) in [5.74, 6) is -0.0829. The summed E-state index contributed by atoms with van der Waals surface area (Å²) in [6.07, 6.45) is 4.80. The molecule has 1 saturated heterocycles. The lowest BCUT2D eigenvalue weighted by Gasteiger charge is -2.22. The van der Waals surface area contributed by atoms with E-state index in [0.29, 0.717) is 13.0 Å². The zero-order valence-corrected chi connectivity index (χ0v) is 14.9. The molecule has 4 heteroatoms. The molecule has 0 aromatic heterocycles. The van der Waals surface area contributed by atoms with Crippen molar-refractivity contribution in [2.24, 2.45) is 0 Å². The van der Waals surface area contributed by atoms with Crippen LogP contribution in [-0.2, 0) is 22.4 Å². The number of carbonyl (C=O) groups excluding carboxylic acids is 2. The molecular weight excluding hydrogens is 324 g/mol. The Bertz CT molecular complexity index is 844. The van der Waals surface area contributed by atoms with Gasteiger partial charge in [-0.3, -0.25) is 9.59 Å². The fourth-order valence-corrected chi connectivity index (χ4v) is 3.96. The van der Waals surface area contributed by atoms with E-state index in [0.717, 1.165) is 32.1 Å². The van der Waals surface area contributed by atoms with Gasteiger partial charge in [0, 0.05) is 13.0 Å². The normalized spacial score (nSPS) is 18.0. The first-order valence-corrected chi connectivity index (χ1v) is 9.48. The molecule has 0 spiro atoms. The van der Waals surface area contributed by atoms with Crippen LogP contribution in [0.3, 0.4) is 0 Å². The maximum Gasteiger partial charge on any atom is 0.242 e. The highest BCUT2D eigenvalue weighted by Crippen LogP contribution is 2.36. The largest absolute Gasteiger partial charge is 0.354 e. The fourth-order valence-electron chi connectivity index (χ4n) is 3.96. The highest BCUT2D eigenvalue weighted by atomic mass is 16.2. The van der Waals surface area contributed by atoms with E-state index in [9.17, 15) is 9.59 Å². The average Bonchev–Trinajstić information content (AvgIpc) is 3.02. The molecule has 134 valence electrons. The number of hydrogen-bond donors (Lipinski definition) is 2. The minimum atomic E-state index is -0.354. The summed E-state index contributed by atoms with van der Waals surface area (Å²) < 4.78 is 0. The maximum absolute atomic E-state index is 12.1. The third-order valence-electron chi connectivity index (χ3n) is 5.35. The van der Waals surface area contributed by atoms with E-state index in [1.807, 2.05) is 0 Å². The summed E-state index contributed by atoms with van der Waals surface area (Å²) in [6.45, 7) is 0.715. The van der Waals surface area contributed by atoms with Crippen LogP contribution >= 0.6 is 0 Å². The summed E-state index contributed by atoms with van der Waals surface area (Å²) in [6, 6.07) is 14.9. The molecule has 1 heterocycles. The Balaban J connectivity index is 1.32. The molecule has 2 N–H and O–H groups in total. The topological polar surface area (TPSA) is 58.2 Å². The number of benzene rings is 2. The lowest BCUT2D eigenvalue weighted by molar-refractivity contribution is -0.130. The predicted octanol–water partition coefficient (Wildman–Crippen LogP) is 2.98. The molecule has 2 amide bonds. The summed E-state index contributed by atoms with van der Waals surface area (Å²) >= 11 is 0. The molecule has 4 nitrogen and oxygen atoms in total. The second-order valence-electron chi connectivity index (χ2n) is 7.23. The van der Waals surface area contributed by atoms with Gasteiger partial charge in [0.2, 0.25) is 11.8 Å². The van der Waals surface area contributed by atoms with E-state index in [1.165, 1.54) is 27.8 Å². The lowest BCUT2D eigenvalue weighted by Crippen LogP contribution is -2.50. The number of rotatable bonds is 5. The van der Waals surface area contributed by atoms with E-state index in [-0.39, 0.29) is 17.9 Å². The van der Waals surface area contributed by atoms with Crippen LogP contribution in [0.15, 0.2) is 42.5 Å². The van der Waals surface area contributed by atoms with Crippen molar-refractivity contribution in [3.05, 3.63) is 59.2 Å². The van der Waals surface area contributed by atoms with Gasteiger partial charge in [-0.15, -0.1) is 0 Å². The quantitative estimate of drug-likeness (QED) is 0.745. The van der Waals surface area contributed by atoms with Gasteiger partial charge in [-0.25, -0.2) is 0 Å². The molecule has 2 aliphatic rings. The van der Waals surface area contributed by atoms with Crippen LogP contribution in [0.1, 0.15) is 42.4 Å². The van der Waals surface area contributed by atoms with Crippen molar-refractivity contribution in [3.63, 3.8) is 0 Å². The molecule has 2 aromatic rings. The molecule has 1 atom stereocenters. The van der Waals surface area contributed by atoms with Gasteiger partial charge >= 0.3 is 0 Å².